The zero-order chi connectivity index (χ0) is 28.6. The van der Waals surface area contributed by atoms with Gasteiger partial charge < -0.3 is 10.6 Å². The molecule has 0 saturated carbocycles. The fourth-order valence-electron chi connectivity index (χ4n) is 5.80. The van der Waals surface area contributed by atoms with Gasteiger partial charge in [-0.25, -0.2) is 0 Å². The Labute approximate surface area is 239 Å². The molecule has 0 saturated heterocycles. The van der Waals surface area contributed by atoms with Gasteiger partial charge in [-0.3, -0.25) is 9.80 Å². The summed E-state index contributed by atoms with van der Waals surface area (Å²) in [7, 11) is 0. The molecule has 0 aliphatic carbocycles. The summed E-state index contributed by atoms with van der Waals surface area (Å²) in [5.74, 6) is 1.92. The molecule has 0 bridgehead atoms. The summed E-state index contributed by atoms with van der Waals surface area (Å²) in [6.45, 7) is 17.4. The van der Waals surface area contributed by atoms with E-state index >= 15 is 0 Å². The van der Waals surface area contributed by atoms with E-state index < -0.39 is 0 Å². The van der Waals surface area contributed by atoms with E-state index in [9.17, 15) is 0 Å². The molecule has 204 valence electrons. The quantitative estimate of drug-likeness (QED) is 0.261. The van der Waals surface area contributed by atoms with E-state index in [1.54, 1.807) is 0 Å². The molecule has 0 atom stereocenters. The number of benzene rings is 4. The van der Waals surface area contributed by atoms with Crippen molar-refractivity contribution in [1.29, 1.82) is 0 Å². The molecule has 2 N–H and O–H groups in total. The third kappa shape index (κ3) is 5.48. The van der Waals surface area contributed by atoms with Crippen LogP contribution in [0.25, 0.3) is 0 Å². The molecule has 1 aliphatic heterocycles. The Balaban J connectivity index is 1.76. The molecular weight excluding hydrogens is 488 g/mol. The van der Waals surface area contributed by atoms with Crippen molar-refractivity contribution in [2.24, 2.45) is 0 Å². The Kier molecular flexibility index (Phi) is 7.44. The molecule has 0 spiro atoms. The topological polar surface area (TPSA) is 30.5 Å². The van der Waals surface area contributed by atoms with Gasteiger partial charge in [-0.2, -0.15) is 0 Å². The Morgan fingerprint density at radius 2 is 0.775 bits per heavy atom. The van der Waals surface area contributed by atoms with Crippen LogP contribution < -0.4 is 20.4 Å². The fourth-order valence-corrected chi connectivity index (χ4v) is 5.80. The molecule has 0 radical (unpaired) electrons. The van der Waals surface area contributed by atoms with E-state index in [2.05, 4.69) is 161 Å². The van der Waals surface area contributed by atoms with Crippen molar-refractivity contribution in [1.82, 2.24) is 0 Å². The van der Waals surface area contributed by atoms with Crippen LogP contribution in [0.15, 0.2) is 96.8 Å². The molecule has 40 heavy (non-hydrogen) atoms. The average Bonchev–Trinajstić information content (AvgIpc) is 3.29. The molecule has 5 rings (SSSR count). The van der Waals surface area contributed by atoms with Crippen LogP contribution in [0, 0.1) is 55.4 Å². The van der Waals surface area contributed by atoms with Crippen molar-refractivity contribution in [2.75, 3.05) is 20.4 Å². The zero-order valence-corrected chi connectivity index (χ0v) is 25.0. The maximum absolute atomic E-state index is 3.76. The van der Waals surface area contributed by atoms with Crippen molar-refractivity contribution < 1.29 is 0 Å². The van der Waals surface area contributed by atoms with Crippen molar-refractivity contribution >= 4 is 22.7 Å². The van der Waals surface area contributed by atoms with Gasteiger partial charge in [0.25, 0.3) is 0 Å². The number of nitrogens with one attached hydrogen (secondary N) is 2. The van der Waals surface area contributed by atoms with Crippen LogP contribution in [0.3, 0.4) is 0 Å². The molecule has 4 heteroatoms. The molecule has 0 fully saturated rings. The highest BCUT2D eigenvalue weighted by Gasteiger charge is 2.31. The van der Waals surface area contributed by atoms with Gasteiger partial charge >= 0.3 is 0 Å². The molecular formula is C36H40N4. The number of hydrogen-bond donors (Lipinski definition) is 2. The minimum absolute atomic E-state index is 0.899. The highest BCUT2D eigenvalue weighted by atomic mass is 15.4. The van der Waals surface area contributed by atoms with E-state index in [0.717, 1.165) is 23.0 Å². The highest BCUT2D eigenvalue weighted by molar-refractivity contribution is 5.78. The van der Waals surface area contributed by atoms with Gasteiger partial charge in [-0.1, -0.05) is 70.8 Å². The number of aryl methyl sites for hydroxylation is 8. The maximum Gasteiger partial charge on any atom is 0.163 e. The lowest BCUT2D eigenvalue weighted by atomic mass is 10.0. The van der Waals surface area contributed by atoms with E-state index in [1.807, 2.05) is 0 Å². The molecule has 4 aromatic carbocycles. The van der Waals surface area contributed by atoms with Crippen LogP contribution in [0.1, 0.15) is 44.5 Å². The lowest BCUT2D eigenvalue weighted by Crippen LogP contribution is -2.30. The standard InChI is InChI=1S/C36H40N4/c1-23-9-13-31(14-10-23)37-35(38-32-15-11-24(2)12-16-32)36-39(33-27(5)19-25(3)20-28(33)6)17-18-40(36)34-29(7)21-26(4)22-30(34)8/h9-22,37-38H,1-8H3. The normalized spacial score (nSPS) is 12.8. The number of rotatable bonds is 6. The Morgan fingerprint density at radius 3 is 1.10 bits per heavy atom. The second-order valence-corrected chi connectivity index (χ2v) is 11.2. The summed E-state index contributed by atoms with van der Waals surface area (Å²) in [5.41, 5.74) is 14.4. The monoisotopic (exact) mass is 528 g/mol. The largest absolute Gasteiger partial charge is 0.339 e. The first-order chi connectivity index (χ1) is 19.1. The summed E-state index contributed by atoms with van der Waals surface area (Å²) in [4.78, 5) is 4.64. The van der Waals surface area contributed by atoms with Gasteiger partial charge in [0.15, 0.2) is 11.6 Å². The fraction of sp³-hybridized carbons (Fsp3) is 0.222. The van der Waals surface area contributed by atoms with E-state index in [-0.39, 0.29) is 0 Å². The van der Waals surface area contributed by atoms with E-state index in [1.165, 1.54) is 55.9 Å². The van der Waals surface area contributed by atoms with Crippen LogP contribution >= 0.6 is 0 Å². The second kappa shape index (κ2) is 11.0. The van der Waals surface area contributed by atoms with Crippen LogP contribution in [0.5, 0.6) is 0 Å². The van der Waals surface area contributed by atoms with Gasteiger partial charge in [0, 0.05) is 23.8 Å². The third-order valence-corrected chi connectivity index (χ3v) is 7.44. The van der Waals surface area contributed by atoms with Crippen LogP contribution in [0.2, 0.25) is 0 Å². The molecule has 4 nitrogen and oxygen atoms in total. The maximum atomic E-state index is 3.76. The van der Waals surface area contributed by atoms with Crippen LogP contribution in [-0.4, -0.2) is 0 Å². The average molecular weight is 529 g/mol. The van der Waals surface area contributed by atoms with E-state index in [4.69, 9.17) is 0 Å². The first-order valence-electron chi connectivity index (χ1n) is 13.9. The summed E-state index contributed by atoms with van der Waals surface area (Å²) < 4.78 is 0. The Morgan fingerprint density at radius 1 is 0.450 bits per heavy atom. The van der Waals surface area contributed by atoms with Crippen molar-refractivity contribution in [3.8, 4) is 0 Å². The van der Waals surface area contributed by atoms with Crippen LogP contribution in [-0.2, 0) is 0 Å². The third-order valence-electron chi connectivity index (χ3n) is 7.44. The minimum atomic E-state index is 0.899. The SMILES string of the molecule is Cc1ccc(NC(Nc2ccc(C)cc2)=C2N(c3c(C)cc(C)cc3C)C=CN2c2c(C)cc(C)cc2C)cc1. The Bertz CT molecular complexity index is 1440. The van der Waals surface area contributed by atoms with Gasteiger partial charge in [0.1, 0.15) is 0 Å². The number of hydrogen-bond acceptors (Lipinski definition) is 4. The summed E-state index contributed by atoms with van der Waals surface area (Å²) in [5, 5.41) is 7.51. The molecule has 1 aliphatic rings. The second-order valence-electron chi connectivity index (χ2n) is 11.2. The molecule has 0 amide bonds. The predicted octanol–water partition coefficient (Wildman–Crippen LogP) is 9.30. The molecule has 0 aromatic heterocycles. The zero-order valence-electron chi connectivity index (χ0n) is 25.0. The van der Waals surface area contributed by atoms with Gasteiger partial charge in [-0.15, -0.1) is 0 Å². The summed E-state index contributed by atoms with van der Waals surface area (Å²) >= 11 is 0. The number of nitrogens with zero attached hydrogens (tertiary/aromatic N) is 2. The van der Waals surface area contributed by atoms with Gasteiger partial charge in [0.2, 0.25) is 0 Å². The van der Waals surface area contributed by atoms with Gasteiger partial charge in [0.05, 0.1) is 11.4 Å². The Hall–Kier alpha value is -4.44. The molecule has 0 unspecified atom stereocenters. The summed E-state index contributed by atoms with van der Waals surface area (Å²) in [6.07, 6.45) is 4.37. The van der Waals surface area contributed by atoms with E-state index in [0.29, 0.717) is 0 Å². The first-order valence-corrected chi connectivity index (χ1v) is 13.9. The lowest BCUT2D eigenvalue weighted by molar-refractivity contribution is 1.04. The lowest BCUT2D eigenvalue weighted by Gasteiger charge is -2.32. The van der Waals surface area contributed by atoms with Crippen molar-refractivity contribution in [3.05, 3.63) is 141 Å². The van der Waals surface area contributed by atoms with Gasteiger partial charge in [-0.05, 0) is 102 Å². The first kappa shape index (κ1) is 27.1. The smallest absolute Gasteiger partial charge is 0.163 e. The minimum Gasteiger partial charge on any atom is -0.339 e. The molecule has 4 aromatic rings. The van der Waals surface area contributed by atoms with Crippen LogP contribution in [0.4, 0.5) is 22.7 Å². The number of anilines is 4. The van der Waals surface area contributed by atoms with Crippen molar-refractivity contribution in [3.63, 3.8) is 0 Å². The van der Waals surface area contributed by atoms with Crippen molar-refractivity contribution in [2.45, 2.75) is 55.4 Å². The predicted molar refractivity (Wildman–Crippen MR) is 172 cm³/mol. The summed E-state index contributed by atoms with van der Waals surface area (Å²) in [6, 6.07) is 26.1. The highest BCUT2D eigenvalue weighted by Crippen LogP contribution is 2.40. The molecule has 1 heterocycles.